The van der Waals surface area contributed by atoms with Crippen molar-refractivity contribution >= 4 is 28.2 Å². The van der Waals surface area contributed by atoms with Crippen LogP contribution in [0, 0.1) is 5.92 Å². The summed E-state index contributed by atoms with van der Waals surface area (Å²) >= 11 is 1.56. The number of nitrogens with one attached hydrogen (secondary N) is 1. The average molecular weight is 384 g/mol. The summed E-state index contributed by atoms with van der Waals surface area (Å²) in [5.41, 5.74) is 2.91. The molecule has 1 amide bonds. The van der Waals surface area contributed by atoms with Gasteiger partial charge in [-0.05, 0) is 55.6 Å². The number of thiophene rings is 1. The number of esters is 1. The van der Waals surface area contributed by atoms with E-state index in [-0.39, 0.29) is 23.7 Å². The standard InChI is InChI=1S/C22H25NO3S/c1-2-12-26-22(25)19-15-10-6-7-11-18(15)27-21(19)23-20(24)17-13-16(17)14-8-4-3-5-9-14/h3-5,8-9,16-17H,2,6-7,10-13H2,1H3,(H,23,24)/t16-,17+/m1/s1. The maximum atomic E-state index is 12.8. The first-order valence-electron chi connectivity index (χ1n) is 9.86. The number of benzene rings is 1. The van der Waals surface area contributed by atoms with Crippen LogP contribution in [-0.2, 0) is 22.4 Å². The first kappa shape index (κ1) is 18.2. The monoisotopic (exact) mass is 383 g/mol. The summed E-state index contributed by atoms with van der Waals surface area (Å²) in [6, 6.07) is 10.2. The van der Waals surface area contributed by atoms with Crippen LogP contribution in [0.3, 0.4) is 0 Å². The number of carbonyl (C=O) groups excluding carboxylic acids is 2. The van der Waals surface area contributed by atoms with E-state index < -0.39 is 0 Å². The molecule has 1 aromatic carbocycles. The lowest BCUT2D eigenvalue weighted by molar-refractivity contribution is -0.117. The lowest BCUT2D eigenvalue weighted by Crippen LogP contribution is -2.17. The number of rotatable bonds is 6. The van der Waals surface area contributed by atoms with Crippen molar-refractivity contribution in [1.29, 1.82) is 0 Å². The van der Waals surface area contributed by atoms with Gasteiger partial charge in [-0.3, -0.25) is 4.79 Å². The van der Waals surface area contributed by atoms with Crippen LogP contribution in [-0.4, -0.2) is 18.5 Å². The molecule has 1 aromatic heterocycles. The number of fused-ring (bicyclic) bond motifs is 1. The van der Waals surface area contributed by atoms with E-state index in [0.29, 0.717) is 17.2 Å². The van der Waals surface area contributed by atoms with Crippen molar-refractivity contribution in [2.24, 2.45) is 5.92 Å². The molecule has 0 aliphatic heterocycles. The van der Waals surface area contributed by atoms with Crippen molar-refractivity contribution in [3.05, 3.63) is 51.9 Å². The maximum Gasteiger partial charge on any atom is 0.341 e. The predicted molar refractivity (Wildman–Crippen MR) is 107 cm³/mol. The van der Waals surface area contributed by atoms with E-state index in [1.807, 2.05) is 25.1 Å². The largest absolute Gasteiger partial charge is 0.462 e. The SMILES string of the molecule is CCCOC(=O)c1c(NC(=O)[C@H]2C[C@@H]2c2ccccc2)sc2c1CCCC2. The molecule has 1 fully saturated rings. The molecule has 4 nitrogen and oxygen atoms in total. The second kappa shape index (κ2) is 7.85. The van der Waals surface area contributed by atoms with Crippen LogP contribution in [0.25, 0.3) is 0 Å². The third-order valence-electron chi connectivity index (χ3n) is 5.40. The lowest BCUT2D eigenvalue weighted by Gasteiger charge is -2.12. The number of anilines is 1. The summed E-state index contributed by atoms with van der Waals surface area (Å²) in [4.78, 5) is 26.7. The molecule has 27 heavy (non-hydrogen) atoms. The van der Waals surface area contributed by atoms with E-state index in [0.717, 1.165) is 44.1 Å². The van der Waals surface area contributed by atoms with Gasteiger partial charge in [0.25, 0.3) is 0 Å². The summed E-state index contributed by atoms with van der Waals surface area (Å²) in [7, 11) is 0. The molecule has 2 aliphatic carbocycles. The Morgan fingerprint density at radius 2 is 1.96 bits per heavy atom. The summed E-state index contributed by atoms with van der Waals surface area (Å²) < 4.78 is 5.41. The molecule has 4 rings (SSSR count). The molecule has 142 valence electrons. The van der Waals surface area contributed by atoms with Crippen molar-refractivity contribution in [3.8, 4) is 0 Å². The topological polar surface area (TPSA) is 55.4 Å². The third-order valence-corrected chi connectivity index (χ3v) is 6.61. The Morgan fingerprint density at radius 3 is 2.74 bits per heavy atom. The Hall–Kier alpha value is -2.14. The van der Waals surface area contributed by atoms with Crippen LogP contribution in [0.1, 0.15) is 64.9 Å². The normalized spacial score (nSPS) is 20.6. The molecule has 2 aromatic rings. The van der Waals surface area contributed by atoms with Crippen molar-refractivity contribution in [2.45, 2.75) is 51.4 Å². The Bertz CT molecular complexity index is 843. The molecule has 0 unspecified atom stereocenters. The lowest BCUT2D eigenvalue weighted by atomic mass is 9.95. The molecule has 1 heterocycles. The molecule has 0 saturated heterocycles. The fourth-order valence-electron chi connectivity index (χ4n) is 3.89. The molecule has 2 aliphatic rings. The number of hydrogen-bond acceptors (Lipinski definition) is 4. The van der Waals surface area contributed by atoms with Crippen LogP contribution in [0.4, 0.5) is 5.00 Å². The van der Waals surface area contributed by atoms with Gasteiger partial charge in [0.05, 0.1) is 12.2 Å². The van der Waals surface area contributed by atoms with Gasteiger partial charge in [0, 0.05) is 10.8 Å². The molecular weight excluding hydrogens is 358 g/mol. The first-order chi connectivity index (χ1) is 13.2. The highest BCUT2D eigenvalue weighted by Gasteiger charge is 2.44. The molecule has 1 N–H and O–H groups in total. The Morgan fingerprint density at radius 1 is 1.19 bits per heavy atom. The van der Waals surface area contributed by atoms with Gasteiger partial charge >= 0.3 is 5.97 Å². The summed E-state index contributed by atoms with van der Waals surface area (Å²) in [5, 5.41) is 3.75. The van der Waals surface area contributed by atoms with Crippen LogP contribution in [0.15, 0.2) is 30.3 Å². The number of ether oxygens (including phenoxy) is 1. The zero-order valence-corrected chi connectivity index (χ0v) is 16.4. The Kier molecular flexibility index (Phi) is 5.30. The second-order valence-electron chi connectivity index (χ2n) is 7.40. The van der Waals surface area contributed by atoms with Crippen molar-refractivity contribution in [1.82, 2.24) is 0 Å². The number of aryl methyl sites for hydroxylation is 1. The minimum atomic E-state index is -0.290. The summed E-state index contributed by atoms with van der Waals surface area (Å²) in [5.74, 6) is 0.0104. The van der Waals surface area contributed by atoms with Crippen molar-refractivity contribution in [3.63, 3.8) is 0 Å². The molecule has 2 atom stereocenters. The summed E-state index contributed by atoms with van der Waals surface area (Å²) in [6.45, 7) is 2.39. The number of hydrogen-bond donors (Lipinski definition) is 1. The minimum Gasteiger partial charge on any atom is -0.462 e. The number of carbonyl (C=O) groups is 2. The highest BCUT2D eigenvalue weighted by Crippen LogP contribution is 2.48. The highest BCUT2D eigenvalue weighted by molar-refractivity contribution is 7.17. The van der Waals surface area contributed by atoms with Gasteiger partial charge in [-0.15, -0.1) is 11.3 Å². The zero-order chi connectivity index (χ0) is 18.8. The molecule has 0 spiro atoms. The Labute approximate surface area is 163 Å². The van der Waals surface area contributed by atoms with E-state index in [1.54, 1.807) is 11.3 Å². The molecule has 1 saturated carbocycles. The molecular formula is C22H25NO3S. The van der Waals surface area contributed by atoms with Gasteiger partial charge < -0.3 is 10.1 Å². The fourth-order valence-corrected chi connectivity index (χ4v) is 5.18. The average Bonchev–Trinajstić information content (AvgIpc) is 3.42. The molecule has 5 heteroatoms. The Balaban J connectivity index is 1.52. The van der Waals surface area contributed by atoms with Gasteiger partial charge in [-0.1, -0.05) is 37.3 Å². The van der Waals surface area contributed by atoms with E-state index in [1.165, 1.54) is 10.4 Å². The predicted octanol–water partition coefficient (Wildman–Crippen LogP) is 4.94. The second-order valence-corrected chi connectivity index (χ2v) is 8.50. The third kappa shape index (κ3) is 3.79. The van der Waals surface area contributed by atoms with Gasteiger partial charge in [0.1, 0.15) is 5.00 Å². The van der Waals surface area contributed by atoms with E-state index in [9.17, 15) is 9.59 Å². The van der Waals surface area contributed by atoms with Crippen LogP contribution >= 0.6 is 11.3 Å². The van der Waals surface area contributed by atoms with E-state index in [4.69, 9.17) is 4.74 Å². The molecule has 0 bridgehead atoms. The fraction of sp³-hybridized carbons (Fsp3) is 0.455. The zero-order valence-electron chi connectivity index (χ0n) is 15.6. The van der Waals surface area contributed by atoms with Gasteiger partial charge in [-0.2, -0.15) is 0 Å². The van der Waals surface area contributed by atoms with Crippen molar-refractivity contribution < 1.29 is 14.3 Å². The minimum absolute atomic E-state index is 0.00830. The smallest absolute Gasteiger partial charge is 0.341 e. The van der Waals surface area contributed by atoms with Gasteiger partial charge in [0.2, 0.25) is 5.91 Å². The van der Waals surface area contributed by atoms with Crippen LogP contribution in [0.5, 0.6) is 0 Å². The van der Waals surface area contributed by atoms with E-state index in [2.05, 4.69) is 17.4 Å². The quantitative estimate of drug-likeness (QED) is 0.719. The van der Waals surface area contributed by atoms with Gasteiger partial charge in [-0.25, -0.2) is 4.79 Å². The highest BCUT2D eigenvalue weighted by atomic mass is 32.1. The maximum absolute atomic E-state index is 12.8. The van der Waals surface area contributed by atoms with Gasteiger partial charge in [0.15, 0.2) is 0 Å². The van der Waals surface area contributed by atoms with Crippen LogP contribution < -0.4 is 5.32 Å². The van der Waals surface area contributed by atoms with E-state index >= 15 is 0 Å². The van der Waals surface area contributed by atoms with Crippen LogP contribution in [0.2, 0.25) is 0 Å². The number of amides is 1. The first-order valence-corrected chi connectivity index (χ1v) is 10.7. The summed E-state index contributed by atoms with van der Waals surface area (Å²) in [6.07, 6.45) is 5.78. The molecule has 0 radical (unpaired) electrons. The van der Waals surface area contributed by atoms with Crippen molar-refractivity contribution in [2.75, 3.05) is 11.9 Å².